The molecule has 3 aliphatic heterocycles. The largest absolute Gasteiger partial charge is 0.464 e. The maximum Gasteiger partial charge on any atom is 0.302 e. The van der Waals surface area contributed by atoms with Gasteiger partial charge >= 0.3 is 5.97 Å². The van der Waals surface area contributed by atoms with Gasteiger partial charge in [-0.3, -0.25) is 19.3 Å². The summed E-state index contributed by atoms with van der Waals surface area (Å²) in [5, 5.41) is 0. The molecule has 2 bridgehead atoms. The fourth-order valence-electron chi connectivity index (χ4n) is 2.87. The lowest BCUT2D eigenvalue weighted by Gasteiger charge is -2.16. The van der Waals surface area contributed by atoms with Gasteiger partial charge in [-0.25, -0.2) is 0 Å². The summed E-state index contributed by atoms with van der Waals surface area (Å²) < 4.78 is 10.3. The van der Waals surface area contributed by atoms with Crippen LogP contribution < -0.4 is 0 Å². The molecule has 0 aromatic heterocycles. The standard InChI is InChI=1S/C12H13NO5/c1-6(14)17-5-4-13-11(15)9-7-2-3-8(18-7)10(9)12(13)16/h2-3,7-10H,4-5H2,1H3. The molecule has 0 radical (unpaired) electrons. The molecule has 0 spiro atoms. The van der Waals surface area contributed by atoms with E-state index in [1.807, 2.05) is 12.2 Å². The summed E-state index contributed by atoms with van der Waals surface area (Å²) in [6.07, 6.45) is 3.14. The summed E-state index contributed by atoms with van der Waals surface area (Å²) in [5.74, 6) is -1.61. The minimum atomic E-state index is -0.417. The van der Waals surface area contributed by atoms with Crippen LogP contribution in [0.5, 0.6) is 0 Å². The Morgan fingerprint density at radius 1 is 1.28 bits per heavy atom. The summed E-state index contributed by atoms with van der Waals surface area (Å²) in [4.78, 5) is 36.1. The van der Waals surface area contributed by atoms with Crippen molar-refractivity contribution in [3.8, 4) is 0 Å². The molecule has 18 heavy (non-hydrogen) atoms. The molecule has 2 fully saturated rings. The number of hydrogen-bond donors (Lipinski definition) is 0. The zero-order valence-electron chi connectivity index (χ0n) is 9.87. The number of esters is 1. The van der Waals surface area contributed by atoms with Gasteiger partial charge in [0.1, 0.15) is 6.61 Å². The van der Waals surface area contributed by atoms with Crippen molar-refractivity contribution < 1.29 is 23.9 Å². The predicted octanol–water partition coefficient (Wildman–Crippen LogP) is -0.512. The van der Waals surface area contributed by atoms with E-state index >= 15 is 0 Å². The number of likely N-dealkylation sites (tertiary alicyclic amines) is 1. The van der Waals surface area contributed by atoms with Gasteiger partial charge in [-0.15, -0.1) is 0 Å². The second kappa shape index (κ2) is 3.91. The molecule has 0 saturated carbocycles. The van der Waals surface area contributed by atoms with E-state index in [0.717, 1.165) is 0 Å². The molecular weight excluding hydrogens is 238 g/mol. The molecule has 0 N–H and O–H groups in total. The van der Waals surface area contributed by atoms with Crippen LogP contribution in [0, 0.1) is 11.8 Å². The van der Waals surface area contributed by atoms with Crippen LogP contribution in [-0.2, 0) is 23.9 Å². The quantitative estimate of drug-likeness (QED) is 0.383. The maximum absolute atomic E-state index is 12.1. The molecule has 2 amide bonds. The summed E-state index contributed by atoms with van der Waals surface area (Å²) in [7, 11) is 0. The fourth-order valence-corrected chi connectivity index (χ4v) is 2.87. The first-order chi connectivity index (χ1) is 8.59. The lowest BCUT2D eigenvalue weighted by atomic mass is 9.85. The number of amides is 2. The minimum Gasteiger partial charge on any atom is -0.464 e. The van der Waals surface area contributed by atoms with Crippen LogP contribution in [0.3, 0.4) is 0 Å². The van der Waals surface area contributed by atoms with Crippen LogP contribution in [0.1, 0.15) is 6.92 Å². The van der Waals surface area contributed by atoms with E-state index in [1.165, 1.54) is 11.8 Å². The first kappa shape index (κ1) is 11.4. The zero-order chi connectivity index (χ0) is 12.9. The van der Waals surface area contributed by atoms with Gasteiger partial charge in [-0.2, -0.15) is 0 Å². The molecule has 6 heteroatoms. The number of rotatable bonds is 3. The van der Waals surface area contributed by atoms with Crippen molar-refractivity contribution in [1.82, 2.24) is 4.90 Å². The van der Waals surface area contributed by atoms with E-state index in [4.69, 9.17) is 9.47 Å². The second-order valence-electron chi connectivity index (χ2n) is 4.67. The van der Waals surface area contributed by atoms with Gasteiger partial charge in [-0.05, 0) is 0 Å². The molecule has 3 rings (SSSR count). The Balaban J connectivity index is 1.70. The van der Waals surface area contributed by atoms with E-state index in [2.05, 4.69) is 0 Å². The molecule has 3 heterocycles. The number of imide groups is 1. The minimum absolute atomic E-state index is 0.0515. The van der Waals surface area contributed by atoms with Crippen molar-refractivity contribution in [3.05, 3.63) is 12.2 Å². The van der Waals surface area contributed by atoms with Gasteiger partial charge in [0.15, 0.2) is 0 Å². The van der Waals surface area contributed by atoms with Crippen molar-refractivity contribution in [2.24, 2.45) is 11.8 Å². The highest BCUT2D eigenvalue weighted by atomic mass is 16.5. The molecular formula is C12H13NO5. The number of fused-ring (bicyclic) bond motifs is 5. The molecule has 0 aromatic rings. The molecule has 0 aromatic carbocycles. The molecule has 2 saturated heterocycles. The Kier molecular flexibility index (Phi) is 2.48. The van der Waals surface area contributed by atoms with E-state index in [1.54, 1.807) is 0 Å². The van der Waals surface area contributed by atoms with Gasteiger partial charge in [0.2, 0.25) is 11.8 Å². The third-order valence-electron chi connectivity index (χ3n) is 3.62. The Labute approximate surface area is 104 Å². The fraction of sp³-hybridized carbons (Fsp3) is 0.583. The molecule has 3 aliphatic rings. The first-order valence-electron chi connectivity index (χ1n) is 5.92. The highest BCUT2D eigenvalue weighted by Gasteiger charge is 2.60. The van der Waals surface area contributed by atoms with Gasteiger partial charge in [0, 0.05) is 6.92 Å². The Bertz CT molecular complexity index is 427. The number of carbonyl (C=O) groups is 3. The Morgan fingerprint density at radius 3 is 2.33 bits per heavy atom. The van der Waals surface area contributed by atoms with E-state index < -0.39 is 5.97 Å². The molecule has 6 nitrogen and oxygen atoms in total. The van der Waals surface area contributed by atoms with Crippen LogP contribution in [0.2, 0.25) is 0 Å². The average Bonchev–Trinajstić information content (AvgIpc) is 2.97. The molecule has 4 unspecified atom stereocenters. The van der Waals surface area contributed by atoms with Crippen LogP contribution in [0.4, 0.5) is 0 Å². The van der Waals surface area contributed by atoms with E-state index in [-0.39, 0.29) is 49.0 Å². The van der Waals surface area contributed by atoms with Crippen LogP contribution >= 0.6 is 0 Å². The predicted molar refractivity (Wildman–Crippen MR) is 58.1 cm³/mol. The monoisotopic (exact) mass is 251 g/mol. The summed E-state index contributed by atoms with van der Waals surface area (Å²) in [5.41, 5.74) is 0. The van der Waals surface area contributed by atoms with Crippen molar-refractivity contribution >= 4 is 17.8 Å². The summed E-state index contributed by atoms with van der Waals surface area (Å²) >= 11 is 0. The highest BCUT2D eigenvalue weighted by Crippen LogP contribution is 2.44. The Hall–Kier alpha value is -1.69. The smallest absolute Gasteiger partial charge is 0.302 e. The summed E-state index contributed by atoms with van der Waals surface area (Å²) in [6.45, 7) is 1.47. The van der Waals surface area contributed by atoms with Gasteiger partial charge in [0.05, 0.1) is 30.6 Å². The second-order valence-corrected chi connectivity index (χ2v) is 4.67. The number of carbonyl (C=O) groups excluding carboxylic acids is 3. The first-order valence-corrected chi connectivity index (χ1v) is 5.92. The van der Waals surface area contributed by atoms with Crippen LogP contribution in [0.25, 0.3) is 0 Å². The van der Waals surface area contributed by atoms with Gasteiger partial charge in [0.25, 0.3) is 0 Å². The highest BCUT2D eigenvalue weighted by molar-refractivity contribution is 6.06. The van der Waals surface area contributed by atoms with Gasteiger partial charge < -0.3 is 9.47 Å². The third-order valence-corrected chi connectivity index (χ3v) is 3.62. The molecule has 0 aliphatic carbocycles. The lowest BCUT2D eigenvalue weighted by molar-refractivity contribution is -0.148. The van der Waals surface area contributed by atoms with E-state index in [0.29, 0.717) is 0 Å². The average molecular weight is 251 g/mol. The SMILES string of the molecule is CC(=O)OCCN1C(=O)C2C3C=CC(O3)C2C1=O. The number of hydrogen-bond acceptors (Lipinski definition) is 5. The van der Waals surface area contributed by atoms with Gasteiger partial charge in [-0.1, -0.05) is 12.2 Å². The van der Waals surface area contributed by atoms with E-state index in [9.17, 15) is 14.4 Å². The number of nitrogens with zero attached hydrogens (tertiary/aromatic N) is 1. The third kappa shape index (κ3) is 1.49. The normalized spacial score (nSPS) is 36.4. The maximum atomic E-state index is 12.1. The molecule has 4 atom stereocenters. The lowest BCUT2D eigenvalue weighted by Crippen LogP contribution is -2.37. The van der Waals surface area contributed by atoms with Crippen molar-refractivity contribution in [2.45, 2.75) is 19.1 Å². The van der Waals surface area contributed by atoms with Crippen LogP contribution in [-0.4, -0.2) is 48.0 Å². The number of ether oxygens (including phenoxy) is 2. The van der Waals surface area contributed by atoms with Crippen molar-refractivity contribution in [3.63, 3.8) is 0 Å². The summed E-state index contributed by atoms with van der Waals surface area (Å²) in [6, 6.07) is 0. The Morgan fingerprint density at radius 2 is 1.83 bits per heavy atom. The zero-order valence-corrected chi connectivity index (χ0v) is 9.87. The van der Waals surface area contributed by atoms with Crippen molar-refractivity contribution in [1.29, 1.82) is 0 Å². The topological polar surface area (TPSA) is 72.9 Å². The molecule has 96 valence electrons. The van der Waals surface area contributed by atoms with Crippen molar-refractivity contribution in [2.75, 3.05) is 13.2 Å². The van der Waals surface area contributed by atoms with Crippen LogP contribution in [0.15, 0.2) is 12.2 Å².